The van der Waals surface area contributed by atoms with Crippen LogP contribution in [0.15, 0.2) is 10.9 Å². The lowest BCUT2D eigenvalue weighted by Crippen LogP contribution is -2.15. The maximum atomic E-state index is 11.5. The molecule has 0 saturated carbocycles. The van der Waals surface area contributed by atoms with Crippen molar-refractivity contribution >= 4 is 5.97 Å². The summed E-state index contributed by atoms with van der Waals surface area (Å²) in [5.74, 6) is -0.961. The molecule has 0 aromatic carbocycles. The van der Waals surface area contributed by atoms with Gasteiger partial charge in [0, 0.05) is 11.8 Å². The smallest absolute Gasteiger partial charge is 0.343 e. The molecule has 0 atom stereocenters. The van der Waals surface area contributed by atoms with Gasteiger partial charge in [-0.3, -0.25) is 4.79 Å². The molecule has 82 valence electrons. The van der Waals surface area contributed by atoms with Crippen molar-refractivity contribution < 1.29 is 14.6 Å². The summed E-state index contributed by atoms with van der Waals surface area (Å²) >= 11 is 0. The predicted molar refractivity (Wildman–Crippen MR) is 54.1 cm³/mol. The van der Waals surface area contributed by atoms with Gasteiger partial charge in [0.1, 0.15) is 11.3 Å². The second kappa shape index (κ2) is 4.63. The number of carbonyl (C=O) groups excluding carboxylic acids is 1. The average molecular weight is 211 g/mol. The number of pyridine rings is 1. The largest absolute Gasteiger partial charge is 0.507 e. The molecule has 1 rings (SSSR count). The van der Waals surface area contributed by atoms with E-state index < -0.39 is 11.5 Å². The molecule has 0 amide bonds. The van der Waals surface area contributed by atoms with Crippen molar-refractivity contribution in [3.63, 3.8) is 0 Å². The molecule has 0 spiro atoms. The predicted octanol–water partition coefficient (Wildman–Crippen LogP) is 0.820. The number of nitrogens with one attached hydrogen (secondary N) is 1. The summed E-state index contributed by atoms with van der Waals surface area (Å²) in [6.45, 7) is 3.67. The molecule has 0 radical (unpaired) electrons. The number of aromatic hydroxyl groups is 1. The monoisotopic (exact) mass is 211 g/mol. The van der Waals surface area contributed by atoms with E-state index >= 15 is 0 Å². The van der Waals surface area contributed by atoms with Gasteiger partial charge < -0.3 is 14.8 Å². The molecule has 0 fully saturated rings. The first-order valence-electron chi connectivity index (χ1n) is 4.72. The number of esters is 1. The van der Waals surface area contributed by atoms with E-state index in [2.05, 4.69) is 4.98 Å². The quantitative estimate of drug-likeness (QED) is 0.725. The minimum absolute atomic E-state index is 0.0407. The van der Waals surface area contributed by atoms with Crippen LogP contribution in [0.5, 0.6) is 5.75 Å². The Morgan fingerprint density at radius 2 is 2.20 bits per heavy atom. The number of H-pyrrole nitrogens is 1. The molecule has 1 heterocycles. The summed E-state index contributed by atoms with van der Waals surface area (Å²) in [5.41, 5.74) is -0.00482. The summed E-state index contributed by atoms with van der Waals surface area (Å²) in [4.78, 5) is 25.0. The average Bonchev–Trinajstić information content (AvgIpc) is 2.16. The topological polar surface area (TPSA) is 79.4 Å². The van der Waals surface area contributed by atoms with Crippen LogP contribution in [0.3, 0.4) is 0 Å². The van der Waals surface area contributed by atoms with Crippen LogP contribution >= 0.6 is 0 Å². The first-order chi connectivity index (χ1) is 7.10. The standard InChI is InChI=1S/C10H13NO4/c1-3-6-9(10(14)15-4-2)7(12)5-8(13)11-6/h5H,3-4H2,1-2H3,(H2,11,12,13). The van der Waals surface area contributed by atoms with Crippen molar-refractivity contribution in [1.82, 2.24) is 4.98 Å². The Balaban J connectivity index is 3.26. The third kappa shape index (κ3) is 2.37. The van der Waals surface area contributed by atoms with Crippen molar-refractivity contribution in [3.05, 3.63) is 27.7 Å². The van der Waals surface area contributed by atoms with E-state index in [1.54, 1.807) is 13.8 Å². The summed E-state index contributed by atoms with van der Waals surface area (Å²) in [7, 11) is 0. The van der Waals surface area contributed by atoms with Crippen LogP contribution in [0, 0.1) is 0 Å². The highest BCUT2D eigenvalue weighted by molar-refractivity contribution is 5.93. The maximum absolute atomic E-state index is 11.5. The van der Waals surface area contributed by atoms with Gasteiger partial charge in [0.15, 0.2) is 0 Å². The fourth-order valence-corrected chi connectivity index (χ4v) is 1.29. The van der Waals surface area contributed by atoms with Gasteiger partial charge in [-0.25, -0.2) is 4.79 Å². The maximum Gasteiger partial charge on any atom is 0.343 e. The molecule has 5 heteroatoms. The summed E-state index contributed by atoms with van der Waals surface area (Å²) in [6.07, 6.45) is 0.442. The number of rotatable bonds is 3. The van der Waals surface area contributed by atoms with Crippen molar-refractivity contribution in [2.75, 3.05) is 6.61 Å². The van der Waals surface area contributed by atoms with Crippen LogP contribution in [-0.2, 0) is 11.2 Å². The van der Waals surface area contributed by atoms with Crippen LogP contribution in [0.2, 0.25) is 0 Å². The third-order valence-electron chi connectivity index (χ3n) is 1.93. The minimum atomic E-state index is -0.622. The Morgan fingerprint density at radius 1 is 1.53 bits per heavy atom. The highest BCUT2D eigenvalue weighted by Crippen LogP contribution is 2.18. The molecule has 1 aromatic heterocycles. The molecule has 0 aliphatic carbocycles. The summed E-state index contributed by atoms with van der Waals surface area (Å²) < 4.78 is 4.77. The molecule has 5 nitrogen and oxygen atoms in total. The molecule has 0 aliphatic rings. The van der Waals surface area contributed by atoms with Gasteiger partial charge in [0.05, 0.1) is 6.61 Å². The fraction of sp³-hybridized carbons (Fsp3) is 0.400. The SMILES string of the molecule is CCOC(=O)c1c(O)cc(=O)[nH]c1CC. The second-order valence-corrected chi connectivity index (χ2v) is 2.95. The molecule has 0 saturated heterocycles. The molecule has 1 aromatic rings. The van der Waals surface area contributed by atoms with Gasteiger partial charge in [-0.2, -0.15) is 0 Å². The van der Waals surface area contributed by atoms with Gasteiger partial charge in [0.2, 0.25) is 0 Å². The number of aromatic amines is 1. The summed E-state index contributed by atoms with van der Waals surface area (Å²) in [6, 6.07) is 0.964. The first-order valence-corrected chi connectivity index (χ1v) is 4.72. The van der Waals surface area contributed by atoms with Crippen LogP contribution < -0.4 is 5.56 Å². The van der Waals surface area contributed by atoms with Crippen LogP contribution in [0.4, 0.5) is 0 Å². The Morgan fingerprint density at radius 3 is 2.73 bits per heavy atom. The lowest BCUT2D eigenvalue weighted by molar-refractivity contribution is 0.0521. The van der Waals surface area contributed by atoms with Gasteiger partial charge >= 0.3 is 5.97 Å². The zero-order valence-electron chi connectivity index (χ0n) is 8.66. The number of carbonyl (C=O) groups is 1. The lowest BCUT2D eigenvalue weighted by Gasteiger charge is -2.08. The van der Waals surface area contributed by atoms with E-state index in [4.69, 9.17) is 4.74 Å². The molecular weight excluding hydrogens is 198 g/mol. The Bertz CT molecular complexity index is 422. The Hall–Kier alpha value is -1.78. The van der Waals surface area contributed by atoms with Crippen molar-refractivity contribution in [1.29, 1.82) is 0 Å². The minimum Gasteiger partial charge on any atom is -0.507 e. The normalized spacial score (nSPS) is 10.0. The summed E-state index contributed by atoms with van der Waals surface area (Å²) in [5, 5.41) is 9.48. The number of aryl methyl sites for hydroxylation is 1. The van der Waals surface area contributed by atoms with Crippen molar-refractivity contribution in [2.24, 2.45) is 0 Å². The highest BCUT2D eigenvalue weighted by atomic mass is 16.5. The lowest BCUT2D eigenvalue weighted by atomic mass is 10.1. The van der Waals surface area contributed by atoms with Crippen molar-refractivity contribution in [2.45, 2.75) is 20.3 Å². The highest BCUT2D eigenvalue weighted by Gasteiger charge is 2.17. The number of hydrogen-bond donors (Lipinski definition) is 2. The number of hydrogen-bond acceptors (Lipinski definition) is 4. The third-order valence-corrected chi connectivity index (χ3v) is 1.93. The van der Waals surface area contributed by atoms with E-state index in [0.717, 1.165) is 6.07 Å². The molecule has 0 aliphatic heterocycles. The van der Waals surface area contributed by atoms with E-state index in [1.807, 2.05) is 0 Å². The van der Waals surface area contributed by atoms with Crippen molar-refractivity contribution in [3.8, 4) is 5.75 Å². The van der Waals surface area contributed by atoms with Crippen LogP contribution in [0.1, 0.15) is 29.9 Å². The van der Waals surface area contributed by atoms with E-state index in [-0.39, 0.29) is 17.9 Å². The molecule has 0 unspecified atom stereocenters. The molecule has 2 N–H and O–H groups in total. The van der Waals surface area contributed by atoms with Gasteiger partial charge in [-0.15, -0.1) is 0 Å². The Labute approximate surface area is 86.7 Å². The van der Waals surface area contributed by atoms with E-state index in [1.165, 1.54) is 0 Å². The molecule has 0 bridgehead atoms. The van der Waals surface area contributed by atoms with E-state index in [9.17, 15) is 14.7 Å². The first kappa shape index (κ1) is 11.3. The number of ether oxygens (including phenoxy) is 1. The Kier molecular flexibility index (Phi) is 3.49. The van der Waals surface area contributed by atoms with Gasteiger partial charge in [-0.1, -0.05) is 6.92 Å². The fourth-order valence-electron chi connectivity index (χ4n) is 1.29. The van der Waals surface area contributed by atoms with Gasteiger partial charge in [0.25, 0.3) is 5.56 Å². The van der Waals surface area contributed by atoms with Crippen LogP contribution in [0.25, 0.3) is 0 Å². The molecule has 15 heavy (non-hydrogen) atoms. The number of aromatic nitrogens is 1. The van der Waals surface area contributed by atoms with Crippen LogP contribution in [-0.4, -0.2) is 22.7 Å². The van der Waals surface area contributed by atoms with Gasteiger partial charge in [-0.05, 0) is 13.3 Å². The molecular formula is C10H13NO4. The van der Waals surface area contributed by atoms with E-state index in [0.29, 0.717) is 12.1 Å². The zero-order chi connectivity index (χ0) is 11.4. The zero-order valence-corrected chi connectivity index (χ0v) is 8.66. The second-order valence-electron chi connectivity index (χ2n) is 2.95.